The van der Waals surface area contributed by atoms with Gasteiger partial charge >= 0.3 is 0 Å². The van der Waals surface area contributed by atoms with Crippen molar-refractivity contribution in [3.8, 4) is 11.5 Å². The van der Waals surface area contributed by atoms with Crippen molar-refractivity contribution in [3.05, 3.63) is 23.8 Å². The normalized spacial score (nSPS) is 14.2. The second kappa shape index (κ2) is 6.50. The molecule has 0 aliphatic carbocycles. The highest BCUT2D eigenvalue weighted by Gasteiger charge is 2.12. The Morgan fingerprint density at radius 1 is 1.12 bits per heavy atom. The van der Waals surface area contributed by atoms with Gasteiger partial charge in [0.15, 0.2) is 11.5 Å². The molecule has 2 atom stereocenters. The van der Waals surface area contributed by atoms with Crippen molar-refractivity contribution in [3.63, 3.8) is 0 Å². The lowest BCUT2D eigenvalue weighted by Crippen LogP contribution is -2.29. The second-order valence-electron chi connectivity index (χ2n) is 4.45. The molecular formula is C14H23NO2. The molecule has 0 amide bonds. The zero-order valence-electron chi connectivity index (χ0n) is 11.4. The smallest absolute Gasteiger partial charge is 0.160 e. The molecule has 1 aromatic carbocycles. The molecule has 2 unspecified atom stereocenters. The SMILES string of the molecule is CNC(C)C(C)Cc1ccc(OC)c(OC)c1. The van der Waals surface area contributed by atoms with Gasteiger partial charge in [0.05, 0.1) is 14.2 Å². The Kier molecular flexibility index (Phi) is 5.29. The topological polar surface area (TPSA) is 30.5 Å². The van der Waals surface area contributed by atoms with E-state index in [0.29, 0.717) is 12.0 Å². The van der Waals surface area contributed by atoms with Crippen LogP contribution in [0.2, 0.25) is 0 Å². The molecule has 0 aliphatic rings. The Balaban J connectivity index is 2.78. The Hall–Kier alpha value is -1.22. The summed E-state index contributed by atoms with van der Waals surface area (Å²) in [6, 6.07) is 6.62. The van der Waals surface area contributed by atoms with Gasteiger partial charge in [-0.25, -0.2) is 0 Å². The third-order valence-electron chi connectivity index (χ3n) is 3.31. The van der Waals surface area contributed by atoms with Crippen molar-refractivity contribution in [2.24, 2.45) is 5.92 Å². The van der Waals surface area contributed by atoms with Crippen LogP contribution in [0.4, 0.5) is 0 Å². The second-order valence-corrected chi connectivity index (χ2v) is 4.45. The fourth-order valence-electron chi connectivity index (χ4n) is 1.84. The first-order valence-corrected chi connectivity index (χ1v) is 6.00. The molecule has 0 aromatic heterocycles. The largest absolute Gasteiger partial charge is 0.493 e. The molecule has 3 nitrogen and oxygen atoms in total. The molecular weight excluding hydrogens is 214 g/mol. The Bertz CT molecular complexity index is 352. The molecule has 1 rings (SSSR count). The minimum atomic E-state index is 0.503. The van der Waals surface area contributed by atoms with Crippen LogP contribution in [-0.4, -0.2) is 27.3 Å². The van der Waals surface area contributed by atoms with Gasteiger partial charge in [-0.05, 0) is 44.0 Å². The van der Waals surface area contributed by atoms with E-state index in [0.717, 1.165) is 17.9 Å². The third kappa shape index (κ3) is 3.63. The predicted octanol–water partition coefficient (Wildman–Crippen LogP) is 2.49. The first-order valence-electron chi connectivity index (χ1n) is 6.00. The molecule has 0 spiro atoms. The van der Waals surface area contributed by atoms with Crippen molar-refractivity contribution in [1.82, 2.24) is 5.32 Å². The molecule has 0 fully saturated rings. The van der Waals surface area contributed by atoms with Gasteiger partial charge in [-0.15, -0.1) is 0 Å². The van der Waals surface area contributed by atoms with Gasteiger partial charge in [0.1, 0.15) is 0 Å². The van der Waals surface area contributed by atoms with Gasteiger partial charge < -0.3 is 14.8 Å². The van der Waals surface area contributed by atoms with Gasteiger partial charge in [-0.3, -0.25) is 0 Å². The fourth-order valence-corrected chi connectivity index (χ4v) is 1.84. The van der Waals surface area contributed by atoms with Crippen LogP contribution in [0.25, 0.3) is 0 Å². The Morgan fingerprint density at radius 3 is 2.29 bits per heavy atom. The number of hydrogen-bond donors (Lipinski definition) is 1. The zero-order valence-corrected chi connectivity index (χ0v) is 11.4. The van der Waals surface area contributed by atoms with Crippen LogP contribution in [-0.2, 0) is 6.42 Å². The minimum absolute atomic E-state index is 0.503. The molecule has 0 saturated heterocycles. The minimum Gasteiger partial charge on any atom is -0.493 e. The predicted molar refractivity (Wildman–Crippen MR) is 70.9 cm³/mol. The van der Waals surface area contributed by atoms with E-state index in [9.17, 15) is 0 Å². The number of hydrogen-bond acceptors (Lipinski definition) is 3. The summed E-state index contributed by atoms with van der Waals surface area (Å²) in [4.78, 5) is 0. The van der Waals surface area contributed by atoms with Gasteiger partial charge in [0, 0.05) is 6.04 Å². The van der Waals surface area contributed by atoms with Crippen LogP contribution in [0.15, 0.2) is 18.2 Å². The lowest BCUT2D eigenvalue weighted by atomic mass is 9.95. The van der Waals surface area contributed by atoms with Crippen molar-refractivity contribution in [2.75, 3.05) is 21.3 Å². The van der Waals surface area contributed by atoms with Crippen molar-refractivity contribution in [1.29, 1.82) is 0 Å². The summed E-state index contributed by atoms with van der Waals surface area (Å²) in [5.74, 6) is 2.16. The highest BCUT2D eigenvalue weighted by molar-refractivity contribution is 5.43. The average Bonchev–Trinajstić information content (AvgIpc) is 2.37. The summed E-state index contributed by atoms with van der Waals surface area (Å²) in [6.07, 6.45) is 1.03. The van der Waals surface area contributed by atoms with E-state index in [-0.39, 0.29) is 0 Å². The van der Waals surface area contributed by atoms with E-state index >= 15 is 0 Å². The lowest BCUT2D eigenvalue weighted by molar-refractivity contribution is 0.353. The molecule has 0 radical (unpaired) electrons. The summed E-state index contributed by atoms with van der Waals surface area (Å²) < 4.78 is 10.5. The number of methoxy groups -OCH3 is 2. The van der Waals surface area contributed by atoms with Crippen LogP contribution in [0, 0.1) is 5.92 Å². The Morgan fingerprint density at radius 2 is 1.76 bits per heavy atom. The summed E-state index contributed by atoms with van der Waals surface area (Å²) in [5.41, 5.74) is 1.28. The number of ether oxygens (including phenoxy) is 2. The summed E-state index contributed by atoms with van der Waals surface area (Å²) in [7, 11) is 5.32. The summed E-state index contributed by atoms with van der Waals surface area (Å²) in [6.45, 7) is 4.45. The van der Waals surface area contributed by atoms with Gasteiger partial charge in [0.2, 0.25) is 0 Å². The highest BCUT2D eigenvalue weighted by atomic mass is 16.5. The highest BCUT2D eigenvalue weighted by Crippen LogP contribution is 2.28. The van der Waals surface area contributed by atoms with Crippen molar-refractivity contribution in [2.45, 2.75) is 26.3 Å². The summed E-state index contributed by atoms with van der Waals surface area (Å²) in [5, 5.41) is 3.28. The maximum absolute atomic E-state index is 5.30. The maximum Gasteiger partial charge on any atom is 0.160 e. The molecule has 0 bridgehead atoms. The fraction of sp³-hybridized carbons (Fsp3) is 0.571. The van der Waals surface area contributed by atoms with E-state index in [1.54, 1.807) is 14.2 Å². The number of benzene rings is 1. The molecule has 1 aromatic rings. The van der Waals surface area contributed by atoms with Gasteiger partial charge in [-0.1, -0.05) is 13.0 Å². The van der Waals surface area contributed by atoms with E-state index in [1.807, 2.05) is 13.1 Å². The van der Waals surface area contributed by atoms with Gasteiger partial charge in [0.25, 0.3) is 0 Å². The summed E-state index contributed by atoms with van der Waals surface area (Å²) >= 11 is 0. The van der Waals surface area contributed by atoms with Crippen LogP contribution >= 0.6 is 0 Å². The molecule has 96 valence electrons. The monoisotopic (exact) mass is 237 g/mol. The van der Waals surface area contributed by atoms with E-state index < -0.39 is 0 Å². The quantitative estimate of drug-likeness (QED) is 0.824. The van der Waals surface area contributed by atoms with E-state index in [4.69, 9.17) is 9.47 Å². The van der Waals surface area contributed by atoms with Crippen LogP contribution < -0.4 is 14.8 Å². The van der Waals surface area contributed by atoms with E-state index in [2.05, 4.69) is 31.3 Å². The first kappa shape index (κ1) is 13.8. The molecule has 0 heterocycles. The van der Waals surface area contributed by atoms with E-state index in [1.165, 1.54) is 5.56 Å². The van der Waals surface area contributed by atoms with Crippen LogP contribution in [0.1, 0.15) is 19.4 Å². The lowest BCUT2D eigenvalue weighted by Gasteiger charge is -2.19. The van der Waals surface area contributed by atoms with Crippen LogP contribution in [0.5, 0.6) is 11.5 Å². The van der Waals surface area contributed by atoms with Crippen LogP contribution in [0.3, 0.4) is 0 Å². The third-order valence-corrected chi connectivity index (χ3v) is 3.31. The molecule has 3 heteroatoms. The van der Waals surface area contributed by atoms with Crippen molar-refractivity contribution >= 4 is 0 Å². The number of nitrogens with one attached hydrogen (secondary N) is 1. The molecule has 0 saturated carbocycles. The maximum atomic E-state index is 5.30. The molecule has 1 N–H and O–H groups in total. The molecule has 0 aliphatic heterocycles. The van der Waals surface area contributed by atoms with Gasteiger partial charge in [-0.2, -0.15) is 0 Å². The molecule has 17 heavy (non-hydrogen) atoms. The zero-order chi connectivity index (χ0) is 12.8. The van der Waals surface area contributed by atoms with Crippen molar-refractivity contribution < 1.29 is 9.47 Å². The Labute approximate surface area is 104 Å². The number of rotatable bonds is 6. The first-order chi connectivity index (χ1) is 8.12. The average molecular weight is 237 g/mol. The standard InChI is InChI=1S/C14H23NO2/c1-10(11(2)15-3)8-12-6-7-13(16-4)14(9-12)17-5/h6-7,9-11,15H,8H2,1-5H3.